The number of nitrogens with zero attached hydrogens (tertiary/aromatic N) is 1. The molecule has 3 rings (SSSR count). The van der Waals surface area contributed by atoms with Crippen LogP contribution in [0.4, 0.5) is 0 Å². The molecule has 2 heterocycles. The highest BCUT2D eigenvalue weighted by Gasteiger charge is 2.47. The van der Waals surface area contributed by atoms with Crippen LogP contribution in [0.5, 0.6) is 0 Å². The highest BCUT2D eigenvalue weighted by molar-refractivity contribution is 6.46. The van der Waals surface area contributed by atoms with Crippen LogP contribution in [0.15, 0.2) is 52.7 Å². The quantitative estimate of drug-likeness (QED) is 0.325. The van der Waals surface area contributed by atoms with E-state index in [0.717, 1.165) is 0 Å². The number of Topliss-reactive ketones (excluding diaryl/α,β-unsaturated/α-hetero) is 1. The molecular weight excluding hydrogens is 374 g/mol. The summed E-state index contributed by atoms with van der Waals surface area (Å²) in [6.45, 7) is 0.218. The molecule has 1 amide bonds. The average Bonchev–Trinajstić information content (AvgIpc) is 3.27. The van der Waals surface area contributed by atoms with Crippen LogP contribution in [0.3, 0.4) is 0 Å². The lowest BCUT2D eigenvalue weighted by atomic mass is 9.99. The number of hydrogen-bond acceptors (Lipinski definition) is 6. The van der Waals surface area contributed by atoms with E-state index in [2.05, 4.69) is 0 Å². The van der Waals surface area contributed by atoms with Crippen LogP contribution < -0.4 is 0 Å². The number of aliphatic hydroxyl groups excluding tert-OH is 2. The lowest BCUT2D eigenvalue weighted by Crippen LogP contribution is -2.33. The van der Waals surface area contributed by atoms with Gasteiger partial charge in [-0.3, -0.25) is 9.59 Å². The molecule has 142 valence electrons. The molecule has 0 aliphatic carbocycles. The lowest BCUT2D eigenvalue weighted by Gasteiger charge is -2.23. The summed E-state index contributed by atoms with van der Waals surface area (Å²) >= 11 is 5.87. The molecule has 1 atom stereocenters. The minimum atomic E-state index is -0.867. The third-order valence-corrected chi connectivity index (χ3v) is 4.43. The monoisotopic (exact) mass is 391 g/mol. The summed E-state index contributed by atoms with van der Waals surface area (Å²) in [7, 11) is 0. The van der Waals surface area contributed by atoms with Crippen molar-refractivity contribution < 1.29 is 29.0 Å². The summed E-state index contributed by atoms with van der Waals surface area (Å²) in [6, 6.07) is 8.69. The Balaban J connectivity index is 2.00. The van der Waals surface area contributed by atoms with Gasteiger partial charge in [-0.15, -0.1) is 0 Å². The van der Waals surface area contributed by atoms with Crippen LogP contribution >= 0.6 is 11.6 Å². The van der Waals surface area contributed by atoms with Gasteiger partial charge in [-0.1, -0.05) is 11.6 Å². The van der Waals surface area contributed by atoms with Crippen molar-refractivity contribution in [3.63, 3.8) is 0 Å². The number of benzene rings is 1. The number of aliphatic hydroxyl groups is 2. The number of carbonyl (C=O) groups is 2. The molecule has 2 N–H and O–H groups in total. The summed E-state index contributed by atoms with van der Waals surface area (Å²) in [6.07, 6.45) is 1.43. The van der Waals surface area contributed by atoms with Crippen LogP contribution in [0.1, 0.15) is 17.4 Å². The summed E-state index contributed by atoms with van der Waals surface area (Å²) in [5.41, 5.74) is 0.310. The number of likely N-dealkylation sites (tertiary alicyclic amines) is 1. The molecule has 8 heteroatoms. The Bertz CT molecular complexity index is 844. The Labute approximate surface area is 160 Å². The van der Waals surface area contributed by atoms with Gasteiger partial charge < -0.3 is 24.3 Å². The molecule has 1 aliphatic rings. The highest BCUT2D eigenvalue weighted by atomic mass is 35.5. The molecule has 1 aromatic carbocycles. The number of rotatable bonds is 7. The van der Waals surface area contributed by atoms with E-state index in [1.54, 1.807) is 36.4 Å². The summed E-state index contributed by atoms with van der Waals surface area (Å²) in [4.78, 5) is 26.5. The molecule has 1 unspecified atom stereocenters. The van der Waals surface area contributed by atoms with E-state index < -0.39 is 17.7 Å². The second-order valence-electron chi connectivity index (χ2n) is 5.85. The summed E-state index contributed by atoms with van der Waals surface area (Å²) < 4.78 is 10.6. The van der Waals surface area contributed by atoms with Crippen molar-refractivity contribution in [2.75, 3.05) is 26.4 Å². The normalized spacial score (nSPS) is 19.0. The van der Waals surface area contributed by atoms with Crippen molar-refractivity contribution in [1.82, 2.24) is 4.90 Å². The number of hydrogen-bond donors (Lipinski definition) is 2. The predicted octanol–water partition coefficient (Wildman–Crippen LogP) is 2.36. The molecular formula is C19H18ClNO6. The molecule has 1 fully saturated rings. The van der Waals surface area contributed by atoms with Crippen LogP contribution in [0.2, 0.25) is 5.02 Å². The van der Waals surface area contributed by atoms with E-state index in [4.69, 9.17) is 25.9 Å². The van der Waals surface area contributed by atoms with Gasteiger partial charge in [-0.25, -0.2) is 0 Å². The maximum atomic E-state index is 12.6. The molecule has 0 saturated carbocycles. The third-order valence-electron chi connectivity index (χ3n) is 4.18. The predicted molar refractivity (Wildman–Crippen MR) is 97.1 cm³/mol. The Hall–Kier alpha value is -2.61. The van der Waals surface area contributed by atoms with Crippen LogP contribution in [0, 0.1) is 0 Å². The number of carbonyl (C=O) groups excluding carboxylic acids is 2. The zero-order chi connectivity index (χ0) is 19.4. The van der Waals surface area contributed by atoms with Gasteiger partial charge in [0.1, 0.15) is 17.6 Å². The maximum Gasteiger partial charge on any atom is 0.295 e. The standard InChI is InChI=1S/C19H18ClNO6/c20-13-5-3-12(4-6-13)17(23)15-16(14-2-1-9-27-14)21(19(25)18(15)24)7-10-26-11-8-22/h1-6,9,16,22-23H,7-8,10-11H2/b17-15+. The van der Waals surface area contributed by atoms with Gasteiger partial charge >= 0.3 is 0 Å². The molecule has 2 aromatic rings. The van der Waals surface area contributed by atoms with E-state index in [1.807, 2.05) is 0 Å². The van der Waals surface area contributed by atoms with Gasteiger partial charge in [0.05, 0.1) is 31.7 Å². The second-order valence-corrected chi connectivity index (χ2v) is 6.29. The zero-order valence-electron chi connectivity index (χ0n) is 14.3. The van der Waals surface area contributed by atoms with Crippen molar-refractivity contribution in [3.8, 4) is 0 Å². The smallest absolute Gasteiger partial charge is 0.295 e. The fraction of sp³-hybridized carbons (Fsp3) is 0.263. The van der Waals surface area contributed by atoms with Gasteiger partial charge in [-0.2, -0.15) is 0 Å². The molecule has 7 nitrogen and oxygen atoms in total. The Kier molecular flexibility index (Phi) is 5.95. The van der Waals surface area contributed by atoms with Crippen LogP contribution in [0.25, 0.3) is 5.76 Å². The highest BCUT2D eigenvalue weighted by Crippen LogP contribution is 2.39. The van der Waals surface area contributed by atoms with E-state index in [1.165, 1.54) is 11.2 Å². The second kappa shape index (κ2) is 8.39. The zero-order valence-corrected chi connectivity index (χ0v) is 15.1. The van der Waals surface area contributed by atoms with Crippen molar-refractivity contribution in [1.29, 1.82) is 0 Å². The molecule has 1 saturated heterocycles. The number of ether oxygens (including phenoxy) is 1. The van der Waals surface area contributed by atoms with Gasteiger partial charge in [0.15, 0.2) is 0 Å². The minimum absolute atomic E-state index is 0.0561. The van der Waals surface area contributed by atoms with Gasteiger partial charge in [0.2, 0.25) is 0 Å². The fourth-order valence-electron chi connectivity index (χ4n) is 2.95. The number of halogens is 1. The lowest BCUT2D eigenvalue weighted by molar-refractivity contribution is -0.140. The molecule has 0 spiro atoms. The minimum Gasteiger partial charge on any atom is -0.507 e. The number of amides is 1. The van der Waals surface area contributed by atoms with Crippen molar-refractivity contribution in [3.05, 3.63) is 64.6 Å². The first kappa shape index (κ1) is 19.2. The Morgan fingerprint density at radius 3 is 2.56 bits per heavy atom. The first-order valence-corrected chi connectivity index (χ1v) is 8.68. The van der Waals surface area contributed by atoms with Crippen molar-refractivity contribution in [2.24, 2.45) is 0 Å². The van der Waals surface area contributed by atoms with E-state index in [9.17, 15) is 14.7 Å². The first-order chi connectivity index (χ1) is 13.0. The third kappa shape index (κ3) is 3.90. The molecule has 27 heavy (non-hydrogen) atoms. The summed E-state index contributed by atoms with van der Waals surface area (Å²) in [5.74, 6) is -1.50. The molecule has 1 aromatic heterocycles. The van der Waals surface area contributed by atoms with E-state index >= 15 is 0 Å². The molecule has 0 radical (unpaired) electrons. The van der Waals surface area contributed by atoms with Crippen LogP contribution in [-0.2, 0) is 14.3 Å². The fourth-order valence-corrected chi connectivity index (χ4v) is 3.07. The average molecular weight is 392 g/mol. The van der Waals surface area contributed by atoms with E-state index in [0.29, 0.717) is 16.3 Å². The Morgan fingerprint density at radius 2 is 1.93 bits per heavy atom. The first-order valence-electron chi connectivity index (χ1n) is 8.31. The Morgan fingerprint density at radius 1 is 1.19 bits per heavy atom. The molecule has 1 aliphatic heterocycles. The topological polar surface area (TPSA) is 100 Å². The van der Waals surface area contributed by atoms with Gasteiger partial charge in [0, 0.05) is 17.1 Å². The maximum absolute atomic E-state index is 12.6. The molecule has 0 bridgehead atoms. The van der Waals surface area contributed by atoms with Crippen molar-refractivity contribution in [2.45, 2.75) is 6.04 Å². The van der Waals surface area contributed by atoms with Gasteiger partial charge in [-0.05, 0) is 36.4 Å². The number of ketones is 1. The van der Waals surface area contributed by atoms with E-state index in [-0.39, 0.29) is 37.7 Å². The summed E-state index contributed by atoms with van der Waals surface area (Å²) in [5, 5.41) is 20.0. The van der Waals surface area contributed by atoms with Crippen LogP contribution in [-0.4, -0.2) is 53.2 Å². The van der Waals surface area contributed by atoms with Crippen molar-refractivity contribution >= 4 is 29.1 Å². The largest absolute Gasteiger partial charge is 0.507 e. The SMILES string of the molecule is O=C1C(=O)N(CCOCCO)C(c2ccco2)/C1=C(\O)c1ccc(Cl)cc1. The number of furan rings is 1. The van der Waals surface area contributed by atoms with Gasteiger partial charge in [0.25, 0.3) is 11.7 Å².